The summed E-state index contributed by atoms with van der Waals surface area (Å²) >= 11 is 0. The number of hydrogen-bond acceptors (Lipinski definition) is 3. The Morgan fingerprint density at radius 1 is 1.00 bits per heavy atom. The zero-order chi connectivity index (χ0) is 11.5. The minimum absolute atomic E-state index is 0.562. The van der Waals surface area contributed by atoms with E-state index in [0.717, 1.165) is 11.3 Å². The fourth-order valence-corrected chi connectivity index (χ4v) is 1.66. The predicted octanol–water partition coefficient (Wildman–Crippen LogP) is 2.66. The maximum atomic E-state index is 5.60. The molecule has 0 atom stereocenters. The lowest BCUT2D eigenvalue weighted by Gasteiger charge is -1.93. The molecule has 1 aromatic carbocycles. The second-order valence-electron chi connectivity index (χ2n) is 3.74. The molecule has 0 unspecified atom stereocenters. The molecule has 2 heterocycles. The molecular formula is C13H11N3O. The topological polar surface area (TPSA) is 54.7 Å². The van der Waals surface area contributed by atoms with Crippen molar-refractivity contribution in [3.05, 3.63) is 60.2 Å². The van der Waals surface area contributed by atoms with E-state index in [0.29, 0.717) is 18.2 Å². The van der Waals surface area contributed by atoms with Gasteiger partial charge in [0.1, 0.15) is 0 Å². The van der Waals surface area contributed by atoms with Crippen LogP contribution in [0.5, 0.6) is 0 Å². The predicted molar refractivity (Wildman–Crippen MR) is 63.3 cm³/mol. The van der Waals surface area contributed by atoms with Gasteiger partial charge in [-0.25, -0.2) is 0 Å². The van der Waals surface area contributed by atoms with Gasteiger partial charge < -0.3 is 9.40 Å². The molecule has 0 aliphatic heterocycles. The average molecular weight is 225 g/mol. The Labute approximate surface area is 98.3 Å². The van der Waals surface area contributed by atoms with E-state index in [1.54, 1.807) is 0 Å². The van der Waals surface area contributed by atoms with Crippen molar-refractivity contribution >= 4 is 0 Å². The van der Waals surface area contributed by atoms with Gasteiger partial charge in [-0.15, -0.1) is 10.2 Å². The number of hydrogen-bond donors (Lipinski definition) is 1. The second kappa shape index (κ2) is 4.25. The molecule has 0 spiro atoms. The Morgan fingerprint density at radius 2 is 1.88 bits per heavy atom. The molecule has 0 bridgehead atoms. The van der Waals surface area contributed by atoms with Crippen LogP contribution in [-0.2, 0) is 6.42 Å². The van der Waals surface area contributed by atoms with Gasteiger partial charge in [-0.1, -0.05) is 18.2 Å². The van der Waals surface area contributed by atoms with Crippen LogP contribution in [0.2, 0.25) is 0 Å². The van der Waals surface area contributed by atoms with E-state index in [1.165, 1.54) is 0 Å². The summed E-state index contributed by atoms with van der Waals surface area (Å²) in [6, 6.07) is 13.7. The van der Waals surface area contributed by atoms with Crippen molar-refractivity contribution in [1.82, 2.24) is 15.2 Å². The van der Waals surface area contributed by atoms with Gasteiger partial charge in [-0.3, -0.25) is 0 Å². The highest BCUT2D eigenvalue weighted by Crippen LogP contribution is 2.17. The van der Waals surface area contributed by atoms with Crippen LogP contribution in [0.3, 0.4) is 0 Å². The Hall–Kier alpha value is -2.36. The van der Waals surface area contributed by atoms with Gasteiger partial charge in [-0.2, -0.15) is 0 Å². The van der Waals surface area contributed by atoms with Gasteiger partial charge in [0.25, 0.3) is 0 Å². The lowest BCUT2D eigenvalue weighted by atomic mass is 10.2. The normalized spacial score (nSPS) is 10.6. The molecule has 0 aliphatic rings. The van der Waals surface area contributed by atoms with Crippen molar-refractivity contribution < 1.29 is 4.42 Å². The van der Waals surface area contributed by atoms with Crippen LogP contribution < -0.4 is 0 Å². The highest BCUT2D eigenvalue weighted by atomic mass is 16.4. The van der Waals surface area contributed by atoms with Crippen LogP contribution in [0, 0.1) is 0 Å². The fourth-order valence-electron chi connectivity index (χ4n) is 1.66. The molecule has 0 aliphatic carbocycles. The summed E-state index contributed by atoms with van der Waals surface area (Å²) in [4.78, 5) is 3.11. The van der Waals surface area contributed by atoms with Gasteiger partial charge in [0.2, 0.25) is 11.8 Å². The van der Waals surface area contributed by atoms with Gasteiger partial charge in [0.05, 0.1) is 6.42 Å². The fraction of sp³-hybridized carbons (Fsp3) is 0.0769. The first-order valence-electron chi connectivity index (χ1n) is 5.42. The lowest BCUT2D eigenvalue weighted by molar-refractivity contribution is 0.516. The van der Waals surface area contributed by atoms with Crippen molar-refractivity contribution in [2.75, 3.05) is 0 Å². The van der Waals surface area contributed by atoms with E-state index in [1.807, 2.05) is 48.7 Å². The molecule has 84 valence electrons. The quantitative estimate of drug-likeness (QED) is 0.745. The van der Waals surface area contributed by atoms with E-state index in [9.17, 15) is 0 Å². The number of nitrogens with zero attached hydrogens (tertiary/aromatic N) is 2. The molecule has 1 N–H and O–H groups in total. The van der Waals surface area contributed by atoms with Crippen molar-refractivity contribution in [2.45, 2.75) is 6.42 Å². The number of benzene rings is 1. The second-order valence-corrected chi connectivity index (χ2v) is 3.74. The smallest absolute Gasteiger partial charge is 0.247 e. The zero-order valence-corrected chi connectivity index (χ0v) is 9.13. The Morgan fingerprint density at radius 3 is 2.65 bits per heavy atom. The summed E-state index contributed by atoms with van der Waals surface area (Å²) in [6.45, 7) is 0. The molecule has 0 fully saturated rings. The van der Waals surface area contributed by atoms with Crippen LogP contribution in [-0.4, -0.2) is 15.2 Å². The third kappa shape index (κ3) is 2.10. The Kier molecular flexibility index (Phi) is 2.46. The molecule has 2 aromatic heterocycles. The number of H-pyrrole nitrogens is 1. The van der Waals surface area contributed by atoms with E-state index >= 15 is 0 Å². The van der Waals surface area contributed by atoms with Gasteiger partial charge in [0.15, 0.2) is 0 Å². The molecule has 3 aromatic rings. The molecule has 0 saturated heterocycles. The molecule has 0 radical (unpaired) electrons. The summed E-state index contributed by atoms with van der Waals surface area (Å²) in [6.07, 6.45) is 2.51. The minimum Gasteiger partial charge on any atom is -0.420 e. The van der Waals surface area contributed by atoms with Crippen molar-refractivity contribution in [3.8, 4) is 11.5 Å². The average Bonchev–Trinajstić information content (AvgIpc) is 3.02. The number of nitrogens with one attached hydrogen (secondary N) is 1. The largest absolute Gasteiger partial charge is 0.420 e. The molecular weight excluding hydrogens is 214 g/mol. The van der Waals surface area contributed by atoms with Gasteiger partial charge in [-0.05, 0) is 24.3 Å². The molecule has 3 rings (SSSR count). The van der Waals surface area contributed by atoms with Gasteiger partial charge >= 0.3 is 0 Å². The van der Waals surface area contributed by atoms with Crippen molar-refractivity contribution in [3.63, 3.8) is 0 Å². The highest BCUT2D eigenvalue weighted by molar-refractivity contribution is 5.51. The van der Waals surface area contributed by atoms with E-state index in [4.69, 9.17) is 4.42 Å². The third-order valence-electron chi connectivity index (χ3n) is 2.49. The van der Waals surface area contributed by atoms with E-state index in [-0.39, 0.29) is 0 Å². The molecule has 4 heteroatoms. The van der Waals surface area contributed by atoms with Gasteiger partial charge in [0, 0.05) is 17.5 Å². The molecule has 4 nitrogen and oxygen atoms in total. The first-order chi connectivity index (χ1) is 8.42. The van der Waals surface area contributed by atoms with Crippen LogP contribution in [0.4, 0.5) is 0 Å². The van der Waals surface area contributed by atoms with Crippen LogP contribution >= 0.6 is 0 Å². The highest BCUT2D eigenvalue weighted by Gasteiger charge is 2.08. The van der Waals surface area contributed by atoms with Crippen molar-refractivity contribution in [2.24, 2.45) is 0 Å². The lowest BCUT2D eigenvalue weighted by Crippen LogP contribution is -1.87. The standard InChI is InChI=1S/C13H11N3O/c1-2-5-10(6-3-1)13-16-15-12(17-13)9-11-7-4-8-14-11/h1-8,14H,9H2. The SMILES string of the molecule is c1ccc(-c2nnc(Cc3ccc[nH]3)o2)cc1. The Bertz CT molecular complexity index is 584. The number of aromatic nitrogens is 3. The maximum absolute atomic E-state index is 5.60. The first kappa shape index (κ1) is 9.84. The zero-order valence-electron chi connectivity index (χ0n) is 9.13. The Balaban J connectivity index is 1.84. The minimum atomic E-state index is 0.562. The summed E-state index contributed by atoms with van der Waals surface area (Å²) in [7, 11) is 0. The summed E-state index contributed by atoms with van der Waals surface area (Å²) in [5, 5.41) is 8.07. The van der Waals surface area contributed by atoms with Crippen LogP contribution in [0.25, 0.3) is 11.5 Å². The summed E-state index contributed by atoms with van der Waals surface area (Å²) in [5.74, 6) is 1.18. The molecule has 0 saturated carbocycles. The van der Waals surface area contributed by atoms with Crippen LogP contribution in [0.15, 0.2) is 53.1 Å². The summed E-state index contributed by atoms with van der Waals surface area (Å²) in [5.41, 5.74) is 2.01. The number of rotatable bonds is 3. The summed E-state index contributed by atoms with van der Waals surface area (Å²) < 4.78 is 5.60. The van der Waals surface area contributed by atoms with E-state index < -0.39 is 0 Å². The van der Waals surface area contributed by atoms with Crippen molar-refractivity contribution in [1.29, 1.82) is 0 Å². The first-order valence-corrected chi connectivity index (χ1v) is 5.42. The van der Waals surface area contributed by atoms with E-state index in [2.05, 4.69) is 15.2 Å². The number of aromatic amines is 1. The maximum Gasteiger partial charge on any atom is 0.247 e. The third-order valence-corrected chi connectivity index (χ3v) is 2.49. The monoisotopic (exact) mass is 225 g/mol. The molecule has 17 heavy (non-hydrogen) atoms. The molecule has 0 amide bonds. The van der Waals surface area contributed by atoms with Crippen LogP contribution in [0.1, 0.15) is 11.6 Å².